The summed E-state index contributed by atoms with van der Waals surface area (Å²) in [5, 5.41) is 8.78. The number of hydrogen-bond donors (Lipinski definition) is 4. The van der Waals surface area contributed by atoms with Crippen LogP contribution in [0, 0.1) is 0 Å². The van der Waals surface area contributed by atoms with Gasteiger partial charge in [-0.25, -0.2) is 0 Å². The monoisotopic (exact) mass is 184 g/mol. The van der Waals surface area contributed by atoms with Crippen LogP contribution in [0.25, 0.3) is 0 Å². The van der Waals surface area contributed by atoms with Gasteiger partial charge < -0.3 is 10.8 Å². The lowest BCUT2D eigenvalue weighted by Crippen LogP contribution is -2.16. The van der Waals surface area contributed by atoms with Crippen molar-refractivity contribution in [1.29, 1.82) is 0 Å². The molecule has 0 amide bonds. The summed E-state index contributed by atoms with van der Waals surface area (Å²) >= 11 is 0. The second-order valence-corrected chi connectivity index (χ2v) is 4.27. The highest BCUT2D eigenvalue weighted by atomic mass is 31.2. The first-order valence-electron chi connectivity index (χ1n) is 3.34. The first kappa shape index (κ1) is 11.2. The maximum Gasteiger partial charge on any atom is 0.408 e. The van der Waals surface area contributed by atoms with E-state index in [-0.39, 0.29) is 19.3 Å². The highest BCUT2D eigenvalue weighted by Crippen LogP contribution is 2.51. The van der Waals surface area contributed by atoms with E-state index in [0.29, 0.717) is 0 Å². The van der Waals surface area contributed by atoms with E-state index < -0.39 is 14.0 Å². The van der Waals surface area contributed by atoms with E-state index in [1.165, 1.54) is 6.92 Å². The summed E-state index contributed by atoms with van der Waals surface area (Å²) in [7, 11) is -3.35. The van der Waals surface area contributed by atoms with Crippen molar-refractivity contribution in [3.63, 3.8) is 0 Å². The van der Waals surface area contributed by atoms with Crippen molar-refractivity contribution in [2.45, 2.75) is 13.0 Å². The van der Waals surface area contributed by atoms with Crippen LogP contribution < -0.4 is 5.73 Å². The van der Waals surface area contributed by atoms with Gasteiger partial charge in [0, 0.05) is 6.54 Å². The summed E-state index contributed by atoms with van der Waals surface area (Å²) in [5.41, 5.74) is 5.07. The number of aliphatic hydroxyl groups is 1. The third-order valence-electron chi connectivity index (χ3n) is 0.918. The minimum Gasteiger partial charge on any atom is -0.389 e. The molecule has 0 fully saturated rings. The zero-order chi connectivity index (χ0) is 8.91. The van der Waals surface area contributed by atoms with E-state index in [1.54, 1.807) is 0 Å². The van der Waals surface area contributed by atoms with Gasteiger partial charge in [0.1, 0.15) is 6.61 Å². The zero-order valence-corrected chi connectivity index (χ0v) is 7.37. The molecule has 0 heterocycles. The quantitative estimate of drug-likeness (QED) is 0.415. The van der Waals surface area contributed by atoms with Crippen molar-refractivity contribution in [2.24, 2.45) is 5.73 Å². The van der Waals surface area contributed by atoms with Crippen LogP contribution in [0.3, 0.4) is 0 Å². The maximum atomic E-state index is 9.04. The van der Waals surface area contributed by atoms with Crippen molar-refractivity contribution in [3.8, 4) is 0 Å². The lowest BCUT2D eigenvalue weighted by atomic mass is 10.5. The van der Waals surface area contributed by atoms with E-state index in [2.05, 4.69) is 4.52 Å². The first-order valence-corrected chi connectivity index (χ1v) is 5.14. The summed E-state index contributed by atoms with van der Waals surface area (Å²) in [6.45, 7) is 1.81. The Balaban J connectivity index is 3.61. The van der Waals surface area contributed by atoms with E-state index in [4.69, 9.17) is 20.6 Å². The van der Waals surface area contributed by atoms with Crippen LogP contribution >= 0.6 is 7.94 Å². The molecule has 0 rings (SSSR count). The average Bonchev–Trinajstić information content (AvgIpc) is 1.81. The molecule has 5 N–H and O–H groups in total. The topological polar surface area (TPSA) is 95.9 Å². The molecule has 1 atom stereocenters. The van der Waals surface area contributed by atoms with Gasteiger partial charge in [0.05, 0.1) is 6.10 Å². The van der Waals surface area contributed by atoms with Crippen LogP contribution in [0.4, 0.5) is 0 Å². The zero-order valence-electron chi connectivity index (χ0n) is 6.47. The average molecular weight is 184 g/mol. The van der Waals surface area contributed by atoms with E-state index in [0.717, 1.165) is 0 Å². The lowest BCUT2D eigenvalue weighted by Gasteiger charge is -2.11. The molecule has 0 radical (unpaired) electrons. The van der Waals surface area contributed by atoms with Crippen LogP contribution in [0.5, 0.6) is 0 Å². The second-order valence-electron chi connectivity index (χ2n) is 2.32. The molecule has 0 saturated carbocycles. The maximum absolute atomic E-state index is 9.04. The van der Waals surface area contributed by atoms with Gasteiger partial charge >= 0.3 is 7.94 Å². The molecule has 0 aliphatic carbocycles. The van der Waals surface area contributed by atoms with Crippen LogP contribution in [-0.4, -0.2) is 40.3 Å². The smallest absolute Gasteiger partial charge is 0.389 e. The Morgan fingerprint density at radius 1 is 1.55 bits per heavy atom. The fraction of sp³-hybridized carbons (Fsp3) is 1.00. The molecular formula is C5H15NO4P+. The predicted molar refractivity (Wildman–Crippen MR) is 42.9 cm³/mol. The molecule has 0 spiro atoms. The van der Waals surface area contributed by atoms with Crippen molar-refractivity contribution >= 4 is 7.94 Å². The Kier molecular flexibility index (Phi) is 5.08. The third-order valence-corrected chi connectivity index (χ3v) is 2.52. The van der Waals surface area contributed by atoms with Crippen molar-refractivity contribution < 1.29 is 19.4 Å². The highest BCUT2D eigenvalue weighted by Gasteiger charge is 2.36. The Morgan fingerprint density at radius 2 is 2.09 bits per heavy atom. The van der Waals surface area contributed by atoms with Gasteiger partial charge in [-0.3, -0.25) is 0 Å². The molecule has 0 aromatic heterocycles. The predicted octanol–water partition coefficient (Wildman–Crippen LogP) is -0.910. The van der Waals surface area contributed by atoms with Crippen LogP contribution in [0.2, 0.25) is 0 Å². The normalized spacial score (nSPS) is 15.0. The number of hydrogen-bond acceptors (Lipinski definition) is 5. The molecule has 68 valence electrons. The number of aliphatic hydroxyl groups excluding tert-OH is 1. The highest BCUT2D eigenvalue weighted by molar-refractivity contribution is 7.59. The van der Waals surface area contributed by atoms with Gasteiger partial charge in [-0.05, 0) is 6.92 Å². The minimum absolute atomic E-state index is 0.105. The fourth-order valence-corrected chi connectivity index (χ4v) is 1.79. The SMILES string of the molecule is CC(O)C[P+](O)(O)OCCN. The Morgan fingerprint density at radius 3 is 2.45 bits per heavy atom. The second kappa shape index (κ2) is 4.98. The lowest BCUT2D eigenvalue weighted by molar-refractivity contribution is 0.184. The molecule has 6 heteroatoms. The molecule has 1 unspecified atom stereocenters. The molecule has 0 aliphatic heterocycles. The minimum atomic E-state index is -3.35. The molecule has 0 aromatic carbocycles. The Labute approximate surface area is 66.4 Å². The van der Waals surface area contributed by atoms with Gasteiger partial charge in [-0.1, -0.05) is 0 Å². The standard InChI is InChI=1S/C5H15NO4P/c1-5(7)4-11(8,9)10-3-2-6/h5,7-9H,2-4,6H2,1H3/q+1. The van der Waals surface area contributed by atoms with Crippen molar-refractivity contribution in [3.05, 3.63) is 0 Å². The van der Waals surface area contributed by atoms with Gasteiger partial charge in [0.2, 0.25) is 0 Å². The number of nitrogens with two attached hydrogens (primary N) is 1. The fourth-order valence-electron chi connectivity index (χ4n) is 0.596. The van der Waals surface area contributed by atoms with E-state index >= 15 is 0 Å². The summed E-state index contributed by atoms with van der Waals surface area (Å²) in [5.74, 6) is 0. The van der Waals surface area contributed by atoms with Gasteiger partial charge in [0.25, 0.3) is 0 Å². The Bertz CT molecular complexity index is 109. The van der Waals surface area contributed by atoms with Crippen LogP contribution in [0.15, 0.2) is 0 Å². The summed E-state index contributed by atoms with van der Waals surface area (Å²) in [6.07, 6.45) is -0.899. The molecule has 11 heavy (non-hydrogen) atoms. The first-order chi connectivity index (χ1) is 4.98. The molecule has 0 aliphatic rings. The van der Waals surface area contributed by atoms with E-state index in [1.807, 2.05) is 0 Å². The Hall–Kier alpha value is 0.230. The van der Waals surface area contributed by atoms with Crippen molar-refractivity contribution in [1.82, 2.24) is 0 Å². The van der Waals surface area contributed by atoms with Crippen LogP contribution in [0.1, 0.15) is 6.92 Å². The molecule has 0 aromatic rings. The third kappa shape index (κ3) is 6.62. The van der Waals surface area contributed by atoms with Gasteiger partial charge in [-0.2, -0.15) is 14.3 Å². The molecule has 0 bridgehead atoms. The van der Waals surface area contributed by atoms with Crippen LogP contribution in [-0.2, 0) is 4.52 Å². The summed E-state index contributed by atoms with van der Waals surface area (Å²) < 4.78 is 4.63. The molecule has 5 nitrogen and oxygen atoms in total. The van der Waals surface area contributed by atoms with E-state index in [9.17, 15) is 0 Å². The largest absolute Gasteiger partial charge is 0.408 e. The summed E-state index contributed by atoms with van der Waals surface area (Å²) in [4.78, 5) is 18.1. The molecular weight excluding hydrogens is 169 g/mol. The molecule has 0 saturated heterocycles. The number of rotatable bonds is 5. The van der Waals surface area contributed by atoms with Gasteiger partial charge in [0.15, 0.2) is 6.16 Å². The van der Waals surface area contributed by atoms with Crippen molar-refractivity contribution in [2.75, 3.05) is 19.3 Å². The summed E-state index contributed by atoms with van der Waals surface area (Å²) in [6, 6.07) is 0. The van der Waals surface area contributed by atoms with Gasteiger partial charge in [-0.15, -0.1) is 0 Å².